The van der Waals surface area contributed by atoms with E-state index in [1.807, 2.05) is 12.1 Å². The predicted octanol–water partition coefficient (Wildman–Crippen LogP) is 3.44. The molecule has 142 valence electrons. The number of carbonyl (C=O) groups is 2. The highest BCUT2D eigenvalue weighted by atomic mass is 35.5. The first-order valence-corrected chi connectivity index (χ1v) is 8.60. The number of nitrogens with zero attached hydrogens (tertiary/aromatic N) is 3. The molecule has 3 aromatic rings. The fourth-order valence-corrected chi connectivity index (χ4v) is 2.48. The second-order valence-electron chi connectivity index (χ2n) is 5.72. The van der Waals surface area contributed by atoms with Crippen molar-refractivity contribution in [2.75, 3.05) is 17.2 Å². The maximum absolute atomic E-state index is 11.8. The van der Waals surface area contributed by atoms with Crippen LogP contribution in [0, 0.1) is 0 Å². The molecular formula is C19H16ClN5O3. The second-order valence-corrected chi connectivity index (χ2v) is 6.15. The Morgan fingerprint density at radius 2 is 1.89 bits per heavy atom. The van der Waals surface area contributed by atoms with E-state index in [-0.39, 0.29) is 6.61 Å². The Balaban J connectivity index is 1.74. The lowest BCUT2D eigenvalue weighted by Crippen LogP contribution is -2.19. The molecule has 9 heteroatoms. The quantitative estimate of drug-likeness (QED) is 0.613. The molecule has 8 nitrogen and oxygen atoms in total. The number of carbonyl (C=O) groups excluding carboxylic acids is 2. The van der Waals surface area contributed by atoms with Crippen LogP contribution in [0.3, 0.4) is 0 Å². The van der Waals surface area contributed by atoms with E-state index in [2.05, 4.69) is 30.3 Å². The molecule has 0 aliphatic rings. The number of halogens is 1. The average Bonchev–Trinajstić information content (AvgIpc) is 2.67. The van der Waals surface area contributed by atoms with Gasteiger partial charge in [-0.25, -0.2) is 4.98 Å². The largest absolute Gasteiger partial charge is 0.456 e. The minimum atomic E-state index is -0.527. The molecule has 0 bridgehead atoms. The molecule has 3 rings (SSSR count). The van der Waals surface area contributed by atoms with Crippen LogP contribution in [0.2, 0.25) is 5.02 Å². The summed E-state index contributed by atoms with van der Waals surface area (Å²) in [5.74, 6) is -0.456. The molecule has 0 saturated heterocycles. The van der Waals surface area contributed by atoms with Crippen molar-refractivity contribution in [1.82, 2.24) is 15.0 Å². The molecule has 0 spiro atoms. The van der Waals surface area contributed by atoms with Crippen molar-refractivity contribution in [2.24, 2.45) is 0 Å². The molecule has 0 saturated carbocycles. The van der Waals surface area contributed by atoms with E-state index in [0.29, 0.717) is 27.8 Å². The molecule has 0 radical (unpaired) electrons. The summed E-state index contributed by atoms with van der Waals surface area (Å²) in [4.78, 5) is 35.4. The number of nitrogens with one attached hydrogen (secondary N) is 2. The van der Waals surface area contributed by atoms with Crippen molar-refractivity contribution in [3.63, 3.8) is 0 Å². The van der Waals surface area contributed by atoms with E-state index < -0.39 is 11.9 Å². The summed E-state index contributed by atoms with van der Waals surface area (Å²) in [5.41, 5.74) is 2.45. The van der Waals surface area contributed by atoms with Gasteiger partial charge in [-0.15, -0.1) is 0 Å². The zero-order valence-electron chi connectivity index (χ0n) is 14.8. The standard InChI is InChI=1S/C19H16ClN5O3/c1-12(26)28-11-19(27)24-16-5-13(7-21-8-16)17-9-22-10-18(25-17)23-15-4-2-3-14(20)6-15/h2-10H,11H2,1H3,(H,23,25)(H,24,27). The number of rotatable bonds is 6. The first-order valence-electron chi connectivity index (χ1n) is 8.23. The summed E-state index contributed by atoms with van der Waals surface area (Å²) in [5, 5.41) is 6.35. The molecular weight excluding hydrogens is 382 g/mol. The third-order valence-corrected chi connectivity index (χ3v) is 3.69. The minimum absolute atomic E-state index is 0.363. The van der Waals surface area contributed by atoms with Gasteiger partial charge in [-0.2, -0.15) is 0 Å². The van der Waals surface area contributed by atoms with Crippen LogP contribution in [0.15, 0.2) is 55.1 Å². The van der Waals surface area contributed by atoms with Gasteiger partial charge in [-0.3, -0.25) is 19.6 Å². The summed E-state index contributed by atoms with van der Waals surface area (Å²) in [6.07, 6.45) is 6.26. The fourth-order valence-electron chi connectivity index (χ4n) is 2.29. The molecule has 0 atom stereocenters. The van der Waals surface area contributed by atoms with Crippen LogP contribution in [-0.2, 0) is 14.3 Å². The Hall–Kier alpha value is -3.52. The van der Waals surface area contributed by atoms with Crippen LogP contribution in [-0.4, -0.2) is 33.4 Å². The van der Waals surface area contributed by atoms with Crippen molar-refractivity contribution < 1.29 is 14.3 Å². The molecule has 2 N–H and O–H groups in total. The minimum Gasteiger partial charge on any atom is -0.456 e. The van der Waals surface area contributed by atoms with Gasteiger partial charge in [0.15, 0.2) is 6.61 Å². The Bertz CT molecular complexity index is 1010. The average molecular weight is 398 g/mol. The van der Waals surface area contributed by atoms with Crippen molar-refractivity contribution in [3.05, 3.63) is 60.1 Å². The summed E-state index contributed by atoms with van der Waals surface area (Å²) >= 11 is 5.99. The van der Waals surface area contributed by atoms with Gasteiger partial charge in [-0.05, 0) is 24.3 Å². The molecule has 0 fully saturated rings. The van der Waals surface area contributed by atoms with E-state index in [9.17, 15) is 9.59 Å². The SMILES string of the molecule is CC(=O)OCC(=O)Nc1cncc(-c2cncc(Nc3cccc(Cl)c3)n2)c1. The van der Waals surface area contributed by atoms with Gasteiger partial charge in [0.05, 0.1) is 30.0 Å². The molecule has 0 aliphatic carbocycles. The van der Waals surface area contributed by atoms with Crippen LogP contribution in [0.4, 0.5) is 17.2 Å². The molecule has 2 heterocycles. The van der Waals surface area contributed by atoms with Gasteiger partial charge in [-0.1, -0.05) is 17.7 Å². The van der Waals surface area contributed by atoms with Crippen LogP contribution in [0.1, 0.15) is 6.92 Å². The van der Waals surface area contributed by atoms with Gasteiger partial charge in [0, 0.05) is 29.4 Å². The smallest absolute Gasteiger partial charge is 0.303 e. The second kappa shape index (κ2) is 8.92. The van der Waals surface area contributed by atoms with Crippen molar-refractivity contribution in [2.45, 2.75) is 6.92 Å². The van der Waals surface area contributed by atoms with E-state index in [0.717, 1.165) is 5.69 Å². The van der Waals surface area contributed by atoms with Gasteiger partial charge < -0.3 is 15.4 Å². The number of amides is 1. The number of hydrogen-bond acceptors (Lipinski definition) is 7. The fraction of sp³-hybridized carbons (Fsp3) is 0.105. The van der Waals surface area contributed by atoms with E-state index in [4.69, 9.17) is 11.6 Å². The zero-order valence-corrected chi connectivity index (χ0v) is 15.6. The number of pyridine rings is 1. The Kier molecular flexibility index (Phi) is 6.13. The highest BCUT2D eigenvalue weighted by Gasteiger charge is 2.08. The normalized spacial score (nSPS) is 10.2. The summed E-state index contributed by atoms with van der Waals surface area (Å²) < 4.78 is 4.66. The lowest BCUT2D eigenvalue weighted by atomic mass is 10.2. The zero-order chi connectivity index (χ0) is 19.9. The number of esters is 1. The lowest BCUT2D eigenvalue weighted by molar-refractivity contribution is -0.144. The topological polar surface area (TPSA) is 106 Å². The van der Waals surface area contributed by atoms with Gasteiger partial charge in [0.25, 0.3) is 5.91 Å². The Morgan fingerprint density at radius 1 is 1.07 bits per heavy atom. The van der Waals surface area contributed by atoms with E-state index >= 15 is 0 Å². The molecule has 0 aliphatic heterocycles. The van der Waals surface area contributed by atoms with Crippen molar-refractivity contribution >= 4 is 40.7 Å². The highest BCUT2D eigenvalue weighted by Crippen LogP contribution is 2.23. The molecule has 1 aromatic carbocycles. The summed E-state index contributed by atoms with van der Waals surface area (Å²) in [7, 11) is 0. The molecule has 28 heavy (non-hydrogen) atoms. The van der Waals surface area contributed by atoms with Crippen molar-refractivity contribution in [3.8, 4) is 11.3 Å². The first kappa shape index (κ1) is 19.2. The first-order chi connectivity index (χ1) is 13.5. The number of hydrogen-bond donors (Lipinski definition) is 2. The molecule has 2 aromatic heterocycles. The molecule has 1 amide bonds. The van der Waals surface area contributed by atoms with Crippen LogP contribution < -0.4 is 10.6 Å². The highest BCUT2D eigenvalue weighted by molar-refractivity contribution is 6.30. The van der Waals surface area contributed by atoms with Crippen LogP contribution >= 0.6 is 11.6 Å². The number of ether oxygens (including phenoxy) is 1. The number of benzene rings is 1. The maximum atomic E-state index is 11.8. The maximum Gasteiger partial charge on any atom is 0.303 e. The number of aromatic nitrogens is 3. The van der Waals surface area contributed by atoms with Gasteiger partial charge >= 0.3 is 5.97 Å². The predicted molar refractivity (Wildman–Crippen MR) is 105 cm³/mol. The number of anilines is 3. The van der Waals surface area contributed by atoms with Crippen LogP contribution in [0.25, 0.3) is 11.3 Å². The van der Waals surface area contributed by atoms with Gasteiger partial charge in [0.1, 0.15) is 5.82 Å². The van der Waals surface area contributed by atoms with E-state index in [1.165, 1.54) is 13.1 Å². The third-order valence-electron chi connectivity index (χ3n) is 3.46. The third kappa shape index (κ3) is 5.49. The van der Waals surface area contributed by atoms with E-state index in [1.54, 1.807) is 36.8 Å². The Labute approximate surface area is 166 Å². The molecule has 0 unspecified atom stereocenters. The van der Waals surface area contributed by atoms with Crippen molar-refractivity contribution in [1.29, 1.82) is 0 Å². The van der Waals surface area contributed by atoms with Crippen LogP contribution in [0.5, 0.6) is 0 Å². The Morgan fingerprint density at radius 3 is 2.68 bits per heavy atom. The summed E-state index contributed by atoms with van der Waals surface area (Å²) in [6, 6.07) is 8.94. The monoisotopic (exact) mass is 397 g/mol. The lowest BCUT2D eigenvalue weighted by Gasteiger charge is -2.09. The summed E-state index contributed by atoms with van der Waals surface area (Å²) in [6.45, 7) is 0.872. The van der Waals surface area contributed by atoms with Gasteiger partial charge in [0.2, 0.25) is 0 Å².